The van der Waals surface area contributed by atoms with Gasteiger partial charge in [-0.1, -0.05) is 29.8 Å². The Morgan fingerprint density at radius 3 is 2.57 bits per heavy atom. The summed E-state index contributed by atoms with van der Waals surface area (Å²) in [7, 11) is 0. The molecule has 0 aliphatic heterocycles. The van der Waals surface area contributed by atoms with Crippen molar-refractivity contribution in [3.63, 3.8) is 0 Å². The Hall–Kier alpha value is -2.39. The van der Waals surface area contributed by atoms with Crippen LogP contribution in [0, 0.1) is 6.92 Å². The topological polar surface area (TPSA) is 30.2 Å². The molecule has 0 fully saturated rings. The van der Waals surface area contributed by atoms with Gasteiger partial charge < -0.3 is 0 Å². The van der Waals surface area contributed by atoms with Crippen LogP contribution in [0.25, 0.3) is 27.8 Å². The smallest absolute Gasteiger partial charge is 0.161 e. The molecule has 3 nitrogen and oxygen atoms in total. The molecule has 2 heterocycles. The van der Waals surface area contributed by atoms with Gasteiger partial charge in [0.2, 0.25) is 0 Å². The molecule has 2 aromatic heterocycles. The average molecular weight is 294 g/mol. The lowest BCUT2D eigenvalue weighted by Crippen LogP contribution is -1.99. The van der Waals surface area contributed by atoms with E-state index in [1.54, 1.807) is 0 Å². The average Bonchev–Trinajstić information content (AvgIpc) is 2.89. The molecule has 0 spiro atoms. The molecule has 2 aromatic carbocycles. The van der Waals surface area contributed by atoms with Gasteiger partial charge in [0.05, 0.1) is 16.7 Å². The first kappa shape index (κ1) is 12.4. The van der Waals surface area contributed by atoms with Crippen LogP contribution in [0.2, 0.25) is 5.02 Å². The van der Waals surface area contributed by atoms with Crippen LogP contribution >= 0.6 is 11.6 Å². The highest BCUT2D eigenvalue weighted by Crippen LogP contribution is 2.26. The van der Waals surface area contributed by atoms with E-state index >= 15 is 0 Å². The lowest BCUT2D eigenvalue weighted by molar-refractivity contribution is 0.922. The van der Waals surface area contributed by atoms with Crippen molar-refractivity contribution in [1.29, 1.82) is 0 Å². The molecule has 0 atom stereocenters. The summed E-state index contributed by atoms with van der Waals surface area (Å²) in [5.41, 5.74) is 4.01. The lowest BCUT2D eigenvalue weighted by atomic mass is 10.1. The van der Waals surface area contributed by atoms with Crippen LogP contribution in [0.15, 0.2) is 54.6 Å². The van der Waals surface area contributed by atoms with Gasteiger partial charge in [-0.05, 0) is 43.3 Å². The van der Waals surface area contributed by atoms with Gasteiger partial charge in [0.25, 0.3) is 0 Å². The van der Waals surface area contributed by atoms with Gasteiger partial charge in [0.15, 0.2) is 5.82 Å². The summed E-state index contributed by atoms with van der Waals surface area (Å²) in [6.07, 6.45) is 0. The first-order valence-electron chi connectivity index (χ1n) is 6.73. The van der Waals surface area contributed by atoms with E-state index in [4.69, 9.17) is 16.6 Å². The SMILES string of the molecule is Cc1cc2c3ccccc3nc(-c3ccc(Cl)cc3)n2n1. The number of benzene rings is 2. The molecule has 0 aliphatic rings. The van der Waals surface area contributed by atoms with E-state index in [2.05, 4.69) is 17.2 Å². The molecule has 0 N–H and O–H groups in total. The Morgan fingerprint density at radius 2 is 1.76 bits per heavy atom. The highest BCUT2D eigenvalue weighted by atomic mass is 35.5. The minimum absolute atomic E-state index is 0.715. The Bertz CT molecular complexity index is 955. The second-order valence-corrected chi connectivity index (χ2v) is 5.48. The predicted molar refractivity (Wildman–Crippen MR) is 85.7 cm³/mol. The summed E-state index contributed by atoms with van der Waals surface area (Å²) in [5.74, 6) is 0.827. The van der Waals surface area contributed by atoms with Gasteiger partial charge in [0.1, 0.15) is 0 Å². The van der Waals surface area contributed by atoms with E-state index in [0.29, 0.717) is 5.02 Å². The maximum atomic E-state index is 5.97. The van der Waals surface area contributed by atoms with Crippen molar-refractivity contribution < 1.29 is 0 Å². The zero-order valence-corrected chi connectivity index (χ0v) is 12.2. The van der Waals surface area contributed by atoms with Crippen molar-refractivity contribution in [3.8, 4) is 11.4 Å². The number of fused-ring (bicyclic) bond motifs is 3. The van der Waals surface area contributed by atoms with Crippen LogP contribution in [0.4, 0.5) is 0 Å². The summed E-state index contributed by atoms with van der Waals surface area (Å²) in [6.45, 7) is 1.99. The highest BCUT2D eigenvalue weighted by Gasteiger charge is 2.11. The number of halogens is 1. The first-order valence-corrected chi connectivity index (χ1v) is 7.11. The second-order valence-electron chi connectivity index (χ2n) is 5.04. The Kier molecular flexibility index (Phi) is 2.69. The first-order chi connectivity index (χ1) is 10.2. The molecule has 0 bridgehead atoms. The largest absolute Gasteiger partial charge is 0.228 e. The van der Waals surface area contributed by atoms with Crippen LogP contribution < -0.4 is 0 Å². The molecule has 102 valence electrons. The molecule has 0 radical (unpaired) electrons. The van der Waals surface area contributed by atoms with Gasteiger partial charge in [-0.3, -0.25) is 0 Å². The van der Waals surface area contributed by atoms with Gasteiger partial charge in [-0.25, -0.2) is 9.50 Å². The summed E-state index contributed by atoms with van der Waals surface area (Å²) in [4.78, 5) is 4.77. The van der Waals surface area contributed by atoms with Crippen LogP contribution in [0.5, 0.6) is 0 Å². The zero-order chi connectivity index (χ0) is 14.4. The molecule has 0 unspecified atom stereocenters. The number of hydrogen-bond acceptors (Lipinski definition) is 2. The third-order valence-corrected chi connectivity index (χ3v) is 3.79. The molecule has 0 amide bonds. The summed E-state index contributed by atoms with van der Waals surface area (Å²) < 4.78 is 1.90. The molecule has 21 heavy (non-hydrogen) atoms. The molecular weight excluding hydrogens is 282 g/mol. The van der Waals surface area contributed by atoms with Gasteiger partial charge in [0, 0.05) is 16.0 Å². The van der Waals surface area contributed by atoms with E-state index in [1.165, 1.54) is 0 Å². The monoisotopic (exact) mass is 293 g/mol. The highest BCUT2D eigenvalue weighted by molar-refractivity contribution is 6.30. The second kappa shape index (κ2) is 4.57. The van der Waals surface area contributed by atoms with Crippen molar-refractivity contribution >= 4 is 28.0 Å². The number of para-hydroxylation sites is 1. The van der Waals surface area contributed by atoms with Gasteiger partial charge >= 0.3 is 0 Å². The third kappa shape index (κ3) is 1.98. The Morgan fingerprint density at radius 1 is 1.00 bits per heavy atom. The van der Waals surface area contributed by atoms with Crippen LogP contribution in [0.3, 0.4) is 0 Å². The third-order valence-electron chi connectivity index (χ3n) is 3.54. The summed E-state index contributed by atoms with van der Waals surface area (Å²) >= 11 is 5.97. The van der Waals surface area contributed by atoms with Crippen molar-refractivity contribution in [2.45, 2.75) is 6.92 Å². The molecule has 0 aliphatic carbocycles. The number of rotatable bonds is 1. The number of nitrogens with zero attached hydrogens (tertiary/aromatic N) is 3. The number of aromatic nitrogens is 3. The summed E-state index contributed by atoms with van der Waals surface area (Å²) in [6, 6.07) is 17.9. The van der Waals surface area contributed by atoms with Crippen LogP contribution in [0.1, 0.15) is 5.69 Å². The van der Waals surface area contributed by atoms with E-state index < -0.39 is 0 Å². The Balaban J connectivity index is 2.13. The predicted octanol–water partition coefficient (Wildman–Crippen LogP) is 4.51. The van der Waals surface area contributed by atoms with E-state index in [9.17, 15) is 0 Å². The molecular formula is C17H12ClN3. The molecule has 4 heteroatoms. The van der Waals surface area contributed by atoms with Gasteiger partial charge in [-0.15, -0.1) is 0 Å². The Labute approximate surface area is 126 Å². The molecule has 0 saturated heterocycles. The van der Waals surface area contributed by atoms with Crippen molar-refractivity contribution in [2.24, 2.45) is 0 Å². The van der Waals surface area contributed by atoms with E-state index in [-0.39, 0.29) is 0 Å². The van der Waals surface area contributed by atoms with E-state index in [0.717, 1.165) is 33.5 Å². The van der Waals surface area contributed by atoms with Crippen LogP contribution in [-0.4, -0.2) is 14.6 Å². The quantitative estimate of drug-likeness (QED) is 0.517. The van der Waals surface area contributed by atoms with Gasteiger partial charge in [-0.2, -0.15) is 5.10 Å². The molecule has 4 rings (SSSR count). The standard InChI is InChI=1S/C17H12ClN3/c1-11-10-16-14-4-2-3-5-15(14)19-17(21(16)20-11)12-6-8-13(18)9-7-12/h2-10H,1H3. The van der Waals surface area contributed by atoms with Crippen molar-refractivity contribution in [3.05, 3.63) is 65.3 Å². The minimum atomic E-state index is 0.715. The normalized spacial score (nSPS) is 11.3. The minimum Gasteiger partial charge on any atom is -0.228 e. The summed E-state index contributed by atoms with van der Waals surface area (Å²) in [5, 5.41) is 6.41. The number of hydrogen-bond donors (Lipinski definition) is 0. The fourth-order valence-corrected chi connectivity index (χ4v) is 2.71. The maximum absolute atomic E-state index is 5.97. The fourth-order valence-electron chi connectivity index (χ4n) is 2.59. The molecule has 0 saturated carbocycles. The van der Waals surface area contributed by atoms with Crippen LogP contribution in [-0.2, 0) is 0 Å². The maximum Gasteiger partial charge on any atom is 0.161 e. The lowest BCUT2D eigenvalue weighted by Gasteiger charge is -2.07. The van der Waals surface area contributed by atoms with E-state index in [1.807, 2.05) is 53.9 Å². The van der Waals surface area contributed by atoms with Crippen molar-refractivity contribution in [2.75, 3.05) is 0 Å². The van der Waals surface area contributed by atoms with Crippen molar-refractivity contribution in [1.82, 2.24) is 14.6 Å². The molecule has 4 aromatic rings. The fraction of sp³-hybridized carbons (Fsp3) is 0.0588. The number of aryl methyl sites for hydroxylation is 1. The zero-order valence-electron chi connectivity index (χ0n) is 11.4.